The van der Waals surface area contributed by atoms with Crippen LogP contribution in [0.5, 0.6) is 0 Å². The molecule has 2 rings (SSSR count). The number of benzene rings is 1. The Morgan fingerprint density at radius 2 is 2.07 bits per heavy atom. The zero-order valence-electron chi connectivity index (χ0n) is 7.68. The average molecular weight is 259 g/mol. The molecule has 0 radical (unpaired) electrons. The Hall–Kier alpha value is -0.770. The van der Waals surface area contributed by atoms with E-state index in [2.05, 4.69) is 9.97 Å². The number of rotatable bonds is 2. The van der Waals surface area contributed by atoms with E-state index in [1.807, 2.05) is 18.3 Å². The van der Waals surface area contributed by atoms with E-state index in [1.54, 1.807) is 6.07 Å². The van der Waals surface area contributed by atoms with Gasteiger partial charge in [-0.15, -0.1) is 0 Å². The van der Waals surface area contributed by atoms with E-state index in [4.69, 9.17) is 35.4 Å². The van der Waals surface area contributed by atoms with Crippen LogP contribution in [0.3, 0.4) is 0 Å². The Balaban J connectivity index is 2.28. The second kappa shape index (κ2) is 4.39. The molecule has 0 unspecified atom stereocenters. The highest BCUT2D eigenvalue weighted by Crippen LogP contribution is 2.22. The van der Waals surface area contributed by atoms with E-state index >= 15 is 0 Å². The molecule has 15 heavy (non-hydrogen) atoms. The Morgan fingerprint density at radius 3 is 2.67 bits per heavy atom. The van der Waals surface area contributed by atoms with E-state index in [9.17, 15) is 0 Å². The van der Waals surface area contributed by atoms with Gasteiger partial charge in [0, 0.05) is 28.4 Å². The van der Waals surface area contributed by atoms with Gasteiger partial charge in [0.1, 0.15) is 0 Å². The number of hydrogen-bond acceptors (Lipinski definition) is 1. The summed E-state index contributed by atoms with van der Waals surface area (Å²) in [6, 6.07) is 5.47. The van der Waals surface area contributed by atoms with Crippen molar-refractivity contribution in [2.45, 2.75) is 6.42 Å². The lowest BCUT2D eigenvalue weighted by Gasteiger charge is -2.02. The van der Waals surface area contributed by atoms with Crippen LogP contribution in [0.1, 0.15) is 11.3 Å². The van der Waals surface area contributed by atoms with Crippen molar-refractivity contribution in [2.75, 3.05) is 0 Å². The smallest absolute Gasteiger partial charge is 0.174 e. The molecule has 0 aliphatic carbocycles. The number of hydrogen-bond donors (Lipinski definition) is 2. The third-order valence-electron chi connectivity index (χ3n) is 2.05. The summed E-state index contributed by atoms with van der Waals surface area (Å²) in [6.45, 7) is 0. The van der Waals surface area contributed by atoms with Gasteiger partial charge in [-0.05, 0) is 29.9 Å². The van der Waals surface area contributed by atoms with Crippen LogP contribution in [-0.4, -0.2) is 9.97 Å². The fourth-order valence-corrected chi connectivity index (χ4v) is 2.00. The molecular formula is C10H8Cl2N2S. The Bertz CT molecular complexity index is 530. The number of nitrogens with one attached hydrogen (secondary N) is 2. The molecule has 0 fully saturated rings. The van der Waals surface area contributed by atoms with Gasteiger partial charge in [-0.25, -0.2) is 0 Å². The number of aromatic amines is 2. The second-order valence-electron chi connectivity index (χ2n) is 3.18. The van der Waals surface area contributed by atoms with Crippen LogP contribution in [0.15, 0.2) is 24.4 Å². The third kappa shape index (κ3) is 2.62. The van der Waals surface area contributed by atoms with Crippen molar-refractivity contribution in [3.8, 4) is 0 Å². The highest BCUT2D eigenvalue weighted by atomic mass is 35.5. The Kier molecular flexibility index (Phi) is 3.14. The number of aromatic nitrogens is 2. The van der Waals surface area contributed by atoms with Gasteiger partial charge in [0.2, 0.25) is 0 Å². The maximum atomic E-state index is 6.05. The molecule has 0 aliphatic heterocycles. The van der Waals surface area contributed by atoms with Gasteiger partial charge in [-0.2, -0.15) is 0 Å². The molecular weight excluding hydrogens is 251 g/mol. The average Bonchev–Trinajstić information content (AvgIpc) is 2.56. The molecule has 0 bridgehead atoms. The van der Waals surface area contributed by atoms with Gasteiger partial charge in [0.15, 0.2) is 4.77 Å². The van der Waals surface area contributed by atoms with Crippen LogP contribution >= 0.6 is 35.4 Å². The quantitative estimate of drug-likeness (QED) is 0.785. The SMILES string of the molecule is S=c1[nH]cc(Cc2ccc(Cl)cc2Cl)[nH]1. The largest absolute Gasteiger partial charge is 0.337 e. The first kappa shape index (κ1) is 10.7. The number of halogens is 2. The van der Waals surface area contributed by atoms with Crippen LogP contribution in [0, 0.1) is 4.77 Å². The van der Waals surface area contributed by atoms with E-state index in [-0.39, 0.29) is 0 Å². The van der Waals surface area contributed by atoms with Gasteiger partial charge in [-0.1, -0.05) is 29.3 Å². The molecule has 1 aromatic carbocycles. The second-order valence-corrected chi connectivity index (χ2v) is 4.43. The van der Waals surface area contributed by atoms with E-state index in [1.165, 1.54) is 0 Å². The standard InChI is InChI=1S/C10H8Cl2N2S/c11-7-2-1-6(9(12)4-7)3-8-5-13-10(15)14-8/h1-2,4-5H,3H2,(H2,13,14,15). The lowest BCUT2D eigenvalue weighted by atomic mass is 10.1. The van der Waals surface area contributed by atoms with Crippen LogP contribution < -0.4 is 0 Å². The summed E-state index contributed by atoms with van der Waals surface area (Å²) in [5.41, 5.74) is 2.02. The van der Waals surface area contributed by atoms with Crippen molar-refractivity contribution < 1.29 is 0 Å². The Labute approximate surface area is 102 Å². The Morgan fingerprint density at radius 1 is 1.27 bits per heavy atom. The summed E-state index contributed by atoms with van der Waals surface area (Å²) in [5.74, 6) is 0. The summed E-state index contributed by atoms with van der Waals surface area (Å²) in [5, 5.41) is 1.31. The van der Waals surface area contributed by atoms with Gasteiger partial charge < -0.3 is 9.97 Å². The maximum Gasteiger partial charge on any atom is 0.174 e. The predicted molar refractivity (Wildman–Crippen MR) is 65.2 cm³/mol. The van der Waals surface area contributed by atoms with Gasteiger partial charge >= 0.3 is 0 Å². The highest BCUT2D eigenvalue weighted by Gasteiger charge is 2.03. The first-order valence-electron chi connectivity index (χ1n) is 4.35. The molecule has 0 atom stereocenters. The van der Waals surface area contributed by atoms with Crippen LogP contribution in [-0.2, 0) is 6.42 Å². The van der Waals surface area contributed by atoms with Crippen molar-refractivity contribution in [2.24, 2.45) is 0 Å². The van der Waals surface area contributed by atoms with Crippen LogP contribution in [0.4, 0.5) is 0 Å². The molecule has 2 N–H and O–H groups in total. The summed E-state index contributed by atoms with van der Waals surface area (Å²) in [4.78, 5) is 5.94. The fourth-order valence-electron chi connectivity index (χ4n) is 1.34. The van der Waals surface area contributed by atoms with Crippen LogP contribution in [0.2, 0.25) is 10.0 Å². The fraction of sp³-hybridized carbons (Fsp3) is 0.100. The molecule has 0 spiro atoms. The summed E-state index contributed by atoms with van der Waals surface area (Å²) >= 11 is 16.8. The topological polar surface area (TPSA) is 31.6 Å². The minimum Gasteiger partial charge on any atom is -0.337 e. The van der Waals surface area contributed by atoms with E-state index < -0.39 is 0 Å². The molecule has 0 amide bonds. The van der Waals surface area contributed by atoms with Gasteiger partial charge in [0.25, 0.3) is 0 Å². The monoisotopic (exact) mass is 258 g/mol. The van der Waals surface area contributed by atoms with Gasteiger partial charge in [-0.3, -0.25) is 0 Å². The molecule has 5 heteroatoms. The number of imidazole rings is 1. The zero-order valence-corrected chi connectivity index (χ0v) is 10.0. The first-order chi connectivity index (χ1) is 7.15. The van der Waals surface area contributed by atoms with Crippen molar-refractivity contribution >= 4 is 35.4 Å². The molecule has 0 saturated heterocycles. The van der Waals surface area contributed by atoms with Crippen molar-refractivity contribution in [3.63, 3.8) is 0 Å². The summed E-state index contributed by atoms with van der Waals surface area (Å²) in [6.07, 6.45) is 2.55. The lowest BCUT2D eigenvalue weighted by molar-refractivity contribution is 1.10. The molecule has 78 valence electrons. The molecule has 1 aromatic heterocycles. The van der Waals surface area contributed by atoms with Crippen LogP contribution in [0.25, 0.3) is 0 Å². The number of H-pyrrole nitrogens is 2. The highest BCUT2D eigenvalue weighted by molar-refractivity contribution is 7.71. The summed E-state index contributed by atoms with van der Waals surface area (Å²) in [7, 11) is 0. The predicted octanol–water partition coefficient (Wildman–Crippen LogP) is 3.97. The molecule has 2 nitrogen and oxygen atoms in total. The minimum absolute atomic E-state index is 0.620. The third-order valence-corrected chi connectivity index (χ3v) is 2.85. The van der Waals surface area contributed by atoms with E-state index in [0.29, 0.717) is 21.2 Å². The van der Waals surface area contributed by atoms with E-state index in [0.717, 1.165) is 11.3 Å². The minimum atomic E-state index is 0.620. The van der Waals surface area contributed by atoms with Crippen molar-refractivity contribution in [3.05, 3.63) is 50.5 Å². The normalized spacial score (nSPS) is 10.5. The first-order valence-corrected chi connectivity index (χ1v) is 5.52. The van der Waals surface area contributed by atoms with Gasteiger partial charge in [0.05, 0.1) is 0 Å². The van der Waals surface area contributed by atoms with Crippen molar-refractivity contribution in [1.29, 1.82) is 0 Å². The maximum absolute atomic E-state index is 6.05. The molecule has 0 aliphatic rings. The molecule has 0 saturated carbocycles. The molecule has 1 heterocycles. The molecule has 2 aromatic rings. The zero-order chi connectivity index (χ0) is 10.8. The lowest BCUT2D eigenvalue weighted by Crippen LogP contribution is -1.89. The summed E-state index contributed by atoms with van der Waals surface area (Å²) < 4.78 is 0.620. The van der Waals surface area contributed by atoms with Crippen molar-refractivity contribution in [1.82, 2.24) is 9.97 Å².